The first-order valence-electron chi connectivity index (χ1n) is 9.54. The van der Waals surface area contributed by atoms with Gasteiger partial charge in [-0.1, -0.05) is 24.3 Å². The standard InChI is InChI=1S/C21H26N2O4/c1-22(15-20-18-5-3-2-4-16(18)8-11-26-20)21(24)19-7-6-17(27-19)14-23-9-12-25-13-10-23/h2-7,20H,8-15H2,1H3/t20-/m1/s1. The summed E-state index contributed by atoms with van der Waals surface area (Å²) < 4.78 is 17.1. The van der Waals surface area contributed by atoms with Crippen molar-refractivity contribution in [3.63, 3.8) is 0 Å². The van der Waals surface area contributed by atoms with E-state index in [1.54, 1.807) is 18.0 Å². The topological polar surface area (TPSA) is 55.2 Å². The maximum Gasteiger partial charge on any atom is 0.289 e. The van der Waals surface area contributed by atoms with Crippen molar-refractivity contribution in [2.24, 2.45) is 0 Å². The highest BCUT2D eigenvalue weighted by Gasteiger charge is 2.25. The molecule has 0 radical (unpaired) electrons. The first-order valence-corrected chi connectivity index (χ1v) is 9.54. The molecule has 0 spiro atoms. The van der Waals surface area contributed by atoms with E-state index in [1.165, 1.54) is 11.1 Å². The van der Waals surface area contributed by atoms with Crippen molar-refractivity contribution in [2.45, 2.75) is 19.1 Å². The van der Waals surface area contributed by atoms with Crippen LogP contribution in [0.2, 0.25) is 0 Å². The van der Waals surface area contributed by atoms with Gasteiger partial charge in [-0.3, -0.25) is 9.69 Å². The smallest absolute Gasteiger partial charge is 0.289 e. The molecule has 1 saturated heterocycles. The van der Waals surface area contributed by atoms with E-state index in [9.17, 15) is 4.79 Å². The number of hydrogen-bond acceptors (Lipinski definition) is 5. The number of morpholine rings is 1. The van der Waals surface area contributed by atoms with Crippen molar-refractivity contribution < 1.29 is 18.7 Å². The summed E-state index contributed by atoms with van der Waals surface area (Å²) in [7, 11) is 1.80. The Kier molecular flexibility index (Phi) is 5.57. The molecule has 1 amide bonds. The molecule has 2 aromatic rings. The number of ether oxygens (including phenoxy) is 2. The third kappa shape index (κ3) is 4.24. The Morgan fingerprint density at radius 1 is 1.15 bits per heavy atom. The highest BCUT2D eigenvalue weighted by molar-refractivity contribution is 5.91. The molecule has 1 aromatic heterocycles. The monoisotopic (exact) mass is 370 g/mol. The van der Waals surface area contributed by atoms with Crippen LogP contribution < -0.4 is 0 Å². The number of likely N-dealkylation sites (N-methyl/N-ethyl adjacent to an activating group) is 1. The highest BCUT2D eigenvalue weighted by atomic mass is 16.5. The summed E-state index contributed by atoms with van der Waals surface area (Å²) in [6.07, 6.45) is 0.833. The molecule has 27 heavy (non-hydrogen) atoms. The van der Waals surface area contributed by atoms with E-state index < -0.39 is 0 Å². The highest BCUT2D eigenvalue weighted by Crippen LogP contribution is 2.27. The van der Waals surface area contributed by atoms with Gasteiger partial charge in [-0.15, -0.1) is 0 Å². The summed E-state index contributed by atoms with van der Waals surface area (Å²) in [5.41, 5.74) is 2.48. The SMILES string of the molecule is CN(C[C@H]1OCCc2ccccc21)C(=O)c1ccc(CN2CCOCC2)o1. The molecular formula is C21H26N2O4. The maximum absolute atomic E-state index is 12.8. The van der Waals surface area contributed by atoms with Crippen molar-refractivity contribution in [1.29, 1.82) is 0 Å². The Bertz CT molecular complexity index is 782. The number of rotatable bonds is 5. The number of fused-ring (bicyclic) bond motifs is 1. The fourth-order valence-corrected chi connectivity index (χ4v) is 3.71. The second kappa shape index (κ2) is 8.25. The first kappa shape index (κ1) is 18.2. The summed E-state index contributed by atoms with van der Waals surface area (Å²) in [6.45, 7) is 5.18. The normalized spacial score (nSPS) is 20.3. The molecule has 0 saturated carbocycles. The van der Waals surface area contributed by atoms with E-state index in [0.29, 0.717) is 25.5 Å². The van der Waals surface area contributed by atoms with Crippen LogP contribution in [0.25, 0.3) is 0 Å². The number of benzene rings is 1. The molecule has 3 heterocycles. The molecule has 1 fully saturated rings. The number of hydrogen-bond donors (Lipinski definition) is 0. The zero-order chi connectivity index (χ0) is 18.6. The Balaban J connectivity index is 1.38. The molecule has 6 nitrogen and oxygen atoms in total. The minimum atomic E-state index is -0.116. The zero-order valence-electron chi connectivity index (χ0n) is 15.7. The molecular weight excluding hydrogens is 344 g/mol. The summed E-state index contributed by atoms with van der Waals surface area (Å²) >= 11 is 0. The zero-order valence-corrected chi connectivity index (χ0v) is 15.7. The molecule has 2 aliphatic heterocycles. The van der Waals surface area contributed by atoms with Gasteiger partial charge in [0.25, 0.3) is 5.91 Å². The summed E-state index contributed by atoms with van der Waals surface area (Å²) in [6, 6.07) is 12.0. The molecule has 1 atom stereocenters. The minimum absolute atomic E-state index is 0.0910. The summed E-state index contributed by atoms with van der Waals surface area (Å²) in [5, 5.41) is 0. The van der Waals surface area contributed by atoms with Gasteiger partial charge < -0.3 is 18.8 Å². The number of carbonyl (C=O) groups is 1. The number of carbonyl (C=O) groups excluding carboxylic acids is 1. The predicted octanol–water partition coefficient (Wildman–Crippen LogP) is 2.50. The van der Waals surface area contributed by atoms with E-state index >= 15 is 0 Å². The van der Waals surface area contributed by atoms with E-state index in [2.05, 4.69) is 23.1 Å². The largest absolute Gasteiger partial charge is 0.455 e. The summed E-state index contributed by atoms with van der Waals surface area (Å²) in [4.78, 5) is 16.7. The van der Waals surface area contributed by atoms with E-state index in [4.69, 9.17) is 13.9 Å². The van der Waals surface area contributed by atoms with Crippen molar-refractivity contribution in [1.82, 2.24) is 9.80 Å². The molecule has 2 aliphatic rings. The molecule has 1 aromatic carbocycles. The average molecular weight is 370 g/mol. The first-order chi connectivity index (χ1) is 13.2. The van der Waals surface area contributed by atoms with Gasteiger partial charge in [0.1, 0.15) is 11.9 Å². The molecule has 144 valence electrons. The van der Waals surface area contributed by atoms with Crippen LogP contribution in [-0.4, -0.2) is 62.2 Å². The van der Waals surface area contributed by atoms with Gasteiger partial charge in [0.15, 0.2) is 5.76 Å². The fraction of sp³-hybridized carbons (Fsp3) is 0.476. The van der Waals surface area contributed by atoms with Crippen molar-refractivity contribution in [3.05, 3.63) is 59.0 Å². The number of furan rings is 1. The van der Waals surface area contributed by atoms with Gasteiger partial charge in [-0.05, 0) is 29.7 Å². The lowest BCUT2D eigenvalue weighted by Crippen LogP contribution is -2.35. The summed E-state index contributed by atoms with van der Waals surface area (Å²) in [5.74, 6) is 1.08. The minimum Gasteiger partial charge on any atom is -0.455 e. The van der Waals surface area contributed by atoms with Crippen LogP contribution in [0, 0.1) is 0 Å². The Morgan fingerprint density at radius 2 is 1.96 bits per heavy atom. The number of amides is 1. The third-order valence-electron chi connectivity index (χ3n) is 5.23. The van der Waals surface area contributed by atoms with Gasteiger partial charge in [0.2, 0.25) is 0 Å². The second-order valence-corrected chi connectivity index (χ2v) is 7.15. The Hall–Kier alpha value is -2.15. The fourth-order valence-electron chi connectivity index (χ4n) is 3.71. The quantitative estimate of drug-likeness (QED) is 0.809. The van der Waals surface area contributed by atoms with E-state index in [-0.39, 0.29) is 12.0 Å². The van der Waals surface area contributed by atoms with Gasteiger partial charge in [-0.2, -0.15) is 0 Å². The van der Waals surface area contributed by atoms with Gasteiger partial charge in [0.05, 0.1) is 32.9 Å². The molecule has 0 aliphatic carbocycles. The van der Waals surface area contributed by atoms with Crippen molar-refractivity contribution >= 4 is 5.91 Å². The molecule has 0 unspecified atom stereocenters. The van der Waals surface area contributed by atoms with Crippen LogP contribution >= 0.6 is 0 Å². The van der Waals surface area contributed by atoms with E-state index in [1.807, 2.05) is 12.1 Å². The van der Waals surface area contributed by atoms with Crippen LogP contribution in [0.15, 0.2) is 40.8 Å². The molecule has 6 heteroatoms. The van der Waals surface area contributed by atoms with E-state index in [0.717, 1.165) is 38.5 Å². The van der Waals surface area contributed by atoms with Crippen LogP contribution in [0.4, 0.5) is 0 Å². The van der Waals surface area contributed by atoms with Crippen LogP contribution in [0.5, 0.6) is 0 Å². The lowest BCUT2D eigenvalue weighted by atomic mass is 9.97. The van der Waals surface area contributed by atoms with Crippen LogP contribution in [0.3, 0.4) is 0 Å². The Labute approximate surface area is 159 Å². The van der Waals surface area contributed by atoms with Crippen LogP contribution in [-0.2, 0) is 22.4 Å². The average Bonchev–Trinajstić information content (AvgIpc) is 3.17. The maximum atomic E-state index is 12.8. The van der Waals surface area contributed by atoms with Crippen molar-refractivity contribution in [3.8, 4) is 0 Å². The lowest BCUT2D eigenvalue weighted by Gasteiger charge is -2.29. The van der Waals surface area contributed by atoms with Crippen molar-refractivity contribution in [2.75, 3.05) is 46.5 Å². The van der Waals surface area contributed by atoms with Gasteiger partial charge in [0, 0.05) is 20.1 Å². The van der Waals surface area contributed by atoms with Crippen LogP contribution in [0.1, 0.15) is 33.5 Å². The molecule has 0 bridgehead atoms. The molecule has 4 rings (SSSR count). The predicted molar refractivity (Wildman–Crippen MR) is 101 cm³/mol. The lowest BCUT2D eigenvalue weighted by molar-refractivity contribution is 0.0188. The molecule has 0 N–H and O–H groups in total. The van der Waals surface area contributed by atoms with Gasteiger partial charge in [-0.25, -0.2) is 0 Å². The second-order valence-electron chi connectivity index (χ2n) is 7.15. The van der Waals surface area contributed by atoms with Gasteiger partial charge >= 0.3 is 0 Å². The Morgan fingerprint density at radius 3 is 2.81 bits per heavy atom. The third-order valence-corrected chi connectivity index (χ3v) is 5.23. The number of nitrogens with zero attached hydrogens (tertiary/aromatic N) is 2.